The summed E-state index contributed by atoms with van der Waals surface area (Å²) in [5.74, 6) is -0.561. The Bertz CT molecular complexity index is 1290. The van der Waals surface area contributed by atoms with Crippen LogP contribution in [0.3, 0.4) is 0 Å². The molecule has 1 aliphatic rings. The number of Topliss-reactive ketones (excluding diaryl/α,β-unsaturated/α-hetero) is 1. The number of hydrogen-bond acceptors (Lipinski definition) is 6. The number of ether oxygens (including phenoxy) is 1. The number of hydrogen-bond donors (Lipinski definition) is 1. The number of anilines is 1. The molecular formula is C29H33N3O4S. The van der Waals surface area contributed by atoms with Crippen molar-refractivity contribution < 1.29 is 19.1 Å². The summed E-state index contributed by atoms with van der Waals surface area (Å²) < 4.78 is 5.37. The summed E-state index contributed by atoms with van der Waals surface area (Å²) in [6.45, 7) is 5.15. The average Bonchev–Trinajstić information content (AvgIpc) is 3.25. The third kappa shape index (κ3) is 4.90. The van der Waals surface area contributed by atoms with Gasteiger partial charge < -0.3 is 10.5 Å². The quantitative estimate of drug-likeness (QED) is 0.392. The van der Waals surface area contributed by atoms with E-state index in [9.17, 15) is 14.4 Å². The van der Waals surface area contributed by atoms with Crippen molar-refractivity contribution in [3.63, 3.8) is 0 Å². The van der Waals surface area contributed by atoms with E-state index in [1.807, 2.05) is 19.1 Å². The predicted molar refractivity (Wildman–Crippen MR) is 145 cm³/mol. The number of aromatic nitrogens is 1. The molecule has 8 heteroatoms. The van der Waals surface area contributed by atoms with Gasteiger partial charge in [-0.15, -0.1) is 11.3 Å². The highest BCUT2D eigenvalue weighted by molar-refractivity contribution is 7.13. The molecule has 1 fully saturated rings. The molecule has 1 unspecified atom stereocenters. The Morgan fingerprint density at radius 3 is 2.11 bits per heavy atom. The molecule has 0 spiro atoms. The van der Waals surface area contributed by atoms with E-state index in [-0.39, 0.29) is 17.6 Å². The zero-order valence-electron chi connectivity index (χ0n) is 21.7. The molecule has 3 aromatic rings. The van der Waals surface area contributed by atoms with E-state index in [1.54, 1.807) is 55.3 Å². The molecule has 0 radical (unpaired) electrons. The van der Waals surface area contributed by atoms with Crippen LogP contribution in [0.25, 0.3) is 0 Å². The van der Waals surface area contributed by atoms with E-state index in [0.29, 0.717) is 33.1 Å². The van der Waals surface area contributed by atoms with E-state index >= 15 is 0 Å². The summed E-state index contributed by atoms with van der Waals surface area (Å²) in [6, 6.07) is 14.1. The van der Waals surface area contributed by atoms with Crippen molar-refractivity contribution in [2.45, 2.75) is 58.4 Å². The van der Waals surface area contributed by atoms with Gasteiger partial charge in [-0.2, -0.15) is 0 Å². The van der Waals surface area contributed by atoms with Crippen LogP contribution in [0.15, 0.2) is 48.5 Å². The van der Waals surface area contributed by atoms with Gasteiger partial charge in [0.15, 0.2) is 11.3 Å². The number of carbonyl (C=O) groups is 3. The van der Waals surface area contributed by atoms with Gasteiger partial charge in [0.1, 0.15) is 10.6 Å². The van der Waals surface area contributed by atoms with Crippen LogP contribution in [0.5, 0.6) is 5.75 Å². The molecule has 2 N–H and O–H groups in total. The smallest absolute Gasteiger partial charge is 0.271 e. The Kier molecular flexibility index (Phi) is 7.78. The second-order valence-corrected chi connectivity index (χ2v) is 10.8. The van der Waals surface area contributed by atoms with Gasteiger partial charge in [0.2, 0.25) is 5.91 Å². The molecule has 4 rings (SSSR count). The van der Waals surface area contributed by atoms with Gasteiger partial charge in [-0.3, -0.25) is 19.3 Å². The molecule has 0 aliphatic heterocycles. The Labute approximate surface area is 221 Å². The van der Waals surface area contributed by atoms with Crippen molar-refractivity contribution in [3.8, 4) is 5.75 Å². The molecule has 1 aliphatic carbocycles. The van der Waals surface area contributed by atoms with Crippen LogP contribution >= 0.6 is 11.3 Å². The largest absolute Gasteiger partial charge is 0.497 e. The first-order valence-electron chi connectivity index (χ1n) is 12.5. The average molecular weight is 520 g/mol. The lowest BCUT2D eigenvalue weighted by atomic mass is 9.69. The molecule has 1 aromatic heterocycles. The fourth-order valence-corrected chi connectivity index (χ4v) is 6.37. The first-order valence-corrected chi connectivity index (χ1v) is 13.4. The first kappa shape index (κ1) is 26.5. The molecule has 1 saturated carbocycles. The Morgan fingerprint density at radius 1 is 1.00 bits per heavy atom. The van der Waals surface area contributed by atoms with E-state index in [2.05, 4.69) is 4.98 Å². The fraction of sp³-hybridized carbons (Fsp3) is 0.379. The number of primary amides is 1. The van der Waals surface area contributed by atoms with Crippen LogP contribution in [0.4, 0.5) is 5.69 Å². The van der Waals surface area contributed by atoms with E-state index in [1.165, 1.54) is 18.3 Å². The molecule has 1 atom stereocenters. The highest BCUT2D eigenvalue weighted by Gasteiger charge is 2.54. The zero-order valence-corrected chi connectivity index (χ0v) is 22.6. The number of ketones is 1. The minimum absolute atomic E-state index is 0.0815. The summed E-state index contributed by atoms with van der Waals surface area (Å²) in [4.78, 5) is 46.8. The molecule has 7 nitrogen and oxygen atoms in total. The number of methoxy groups -OCH3 is 1. The van der Waals surface area contributed by atoms with Crippen molar-refractivity contribution >= 4 is 34.6 Å². The van der Waals surface area contributed by atoms with Crippen molar-refractivity contribution in [2.24, 2.45) is 11.7 Å². The van der Waals surface area contributed by atoms with Crippen molar-refractivity contribution in [2.75, 3.05) is 12.0 Å². The lowest BCUT2D eigenvalue weighted by Crippen LogP contribution is -2.62. The van der Waals surface area contributed by atoms with Gasteiger partial charge in [0, 0.05) is 11.3 Å². The number of aryl methyl sites for hydroxylation is 2. The topological polar surface area (TPSA) is 103 Å². The van der Waals surface area contributed by atoms with Crippen LogP contribution in [-0.4, -0.2) is 29.7 Å². The van der Waals surface area contributed by atoms with Crippen molar-refractivity contribution in [1.82, 2.24) is 4.98 Å². The number of amides is 2. The maximum atomic E-state index is 14.5. The molecule has 194 valence electrons. The molecule has 1 heterocycles. The number of nitrogens with zero attached hydrogens (tertiary/aromatic N) is 2. The fourth-order valence-electron chi connectivity index (χ4n) is 5.52. The highest BCUT2D eigenvalue weighted by Crippen LogP contribution is 2.47. The summed E-state index contributed by atoms with van der Waals surface area (Å²) in [5.41, 5.74) is 7.16. The minimum Gasteiger partial charge on any atom is -0.497 e. The van der Waals surface area contributed by atoms with Crippen molar-refractivity contribution in [3.05, 3.63) is 75.2 Å². The predicted octanol–water partition coefficient (Wildman–Crippen LogP) is 5.58. The monoisotopic (exact) mass is 519 g/mol. The number of benzene rings is 2. The van der Waals surface area contributed by atoms with Crippen LogP contribution < -0.4 is 15.4 Å². The van der Waals surface area contributed by atoms with E-state index in [4.69, 9.17) is 10.5 Å². The van der Waals surface area contributed by atoms with E-state index in [0.717, 1.165) is 37.1 Å². The second kappa shape index (κ2) is 10.8. The SMILES string of the molecule is COc1ccc(C(C(N)=O)(C2CCCCC2)N(C(=O)c2sc(C)nc2C)c2ccc(C(C)=O)cc2)cc1. The zero-order chi connectivity index (χ0) is 26.7. The molecule has 2 amide bonds. The van der Waals surface area contributed by atoms with Gasteiger partial charge in [-0.25, -0.2) is 4.98 Å². The van der Waals surface area contributed by atoms with Gasteiger partial charge >= 0.3 is 0 Å². The molecule has 0 bridgehead atoms. The summed E-state index contributed by atoms with van der Waals surface area (Å²) >= 11 is 1.30. The summed E-state index contributed by atoms with van der Waals surface area (Å²) in [7, 11) is 1.58. The Hall–Kier alpha value is -3.52. The lowest BCUT2D eigenvalue weighted by Gasteiger charge is -2.48. The van der Waals surface area contributed by atoms with Crippen LogP contribution in [0.1, 0.15) is 75.3 Å². The lowest BCUT2D eigenvalue weighted by molar-refractivity contribution is -0.126. The first-order chi connectivity index (χ1) is 17.7. The third-order valence-corrected chi connectivity index (χ3v) is 8.35. The number of rotatable bonds is 8. The molecular weight excluding hydrogens is 486 g/mol. The summed E-state index contributed by atoms with van der Waals surface area (Å²) in [5, 5.41) is 0.763. The summed E-state index contributed by atoms with van der Waals surface area (Å²) in [6.07, 6.45) is 4.47. The minimum atomic E-state index is -1.45. The number of carbonyl (C=O) groups excluding carboxylic acids is 3. The number of nitrogens with two attached hydrogens (primary N) is 1. The van der Waals surface area contributed by atoms with Gasteiger partial charge in [0.25, 0.3) is 5.91 Å². The standard InChI is InChI=1S/C29H33N3O4S/c1-18-26(37-20(3)31-18)27(34)32(24-14-10-21(11-15-24)19(2)33)29(28(30)35,22-8-6-5-7-9-22)23-12-16-25(36-4)17-13-23/h10-17,22H,5-9H2,1-4H3,(H2,30,35). The van der Waals surface area contributed by atoms with Gasteiger partial charge in [-0.1, -0.05) is 31.4 Å². The molecule has 0 saturated heterocycles. The Morgan fingerprint density at radius 2 is 1.62 bits per heavy atom. The normalized spacial score (nSPS) is 15.6. The van der Waals surface area contributed by atoms with Crippen molar-refractivity contribution in [1.29, 1.82) is 0 Å². The number of thiazole rings is 1. The van der Waals surface area contributed by atoms with Crippen LogP contribution in [0.2, 0.25) is 0 Å². The molecule has 37 heavy (non-hydrogen) atoms. The van der Waals surface area contributed by atoms with Crippen LogP contribution in [-0.2, 0) is 10.3 Å². The highest BCUT2D eigenvalue weighted by atomic mass is 32.1. The maximum absolute atomic E-state index is 14.5. The van der Waals surface area contributed by atoms with E-state index < -0.39 is 11.4 Å². The third-order valence-electron chi connectivity index (χ3n) is 7.29. The van der Waals surface area contributed by atoms with Crippen LogP contribution in [0, 0.1) is 19.8 Å². The Balaban J connectivity index is 2.03. The maximum Gasteiger partial charge on any atom is 0.271 e. The van der Waals surface area contributed by atoms with Gasteiger partial charge in [-0.05, 0) is 81.5 Å². The molecule has 2 aromatic carbocycles. The van der Waals surface area contributed by atoms with Gasteiger partial charge in [0.05, 0.1) is 17.8 Å². The second-order valence-electron chi connectivity index (χ2n) is 9.59.